The van der Waals surface area contributed by atoms with Crippen LogP contribution in [0.25, 0.3) is 0 Å². The zero-order valence-electron chi connectivity index (χ0n) is 7.33. The number of aliphatic hydroxyl groups is 1. The van der Waals surface area contributed by atoms with Gasteiger partial charge in [-0.1, -0.05) is 0 Å². The second-order valence-corrected chi connectivity index (χ2v) is 3.18. The molecule has 0 bridgehead atoms. The number of carbonyl (C=O) groups is 1. The summed E-state index contributed by atoms with van der Waals surface area (Å²) < 4.78 is 6.62. The molecule has 6 heteroatoms. The van der Waals surface area contributed by atoms with Gasteiger partial charge in [-0.2, -0.15) is 0 Å². The third kappa shape index (κ3) is 1.49. The van der Waals surface area contributed by atoms with Gasteiger partial charge in [0.1, 0.15) is 6.10 Å². The Kier molecular flexibility index (Phi) is 2.22. The molecule has 0 radical (unpaired) electrons. The van der Waals surface area contributed by atoms with E-state index in [9.17, 15) is 9.90 Å². The lowest BCUT2D eigenvalue weighted by atomic mass is 10.2. The third-order valence-electron chi connectivity index (χ3n) is 2.22. The minimum atomic E-state index is -1.07. The van der Waals surface area contributed by atoms with Crippen molar-refractivity contribution < 1.29 is 19.7 Å². The number of aromatic nitrogens is 2. The molecule has 1 aliphatic heterocycles. The van der Waals surface area contributed by atoms with Crippen molar-refractivity contribution in [1.29, 1.82) is 0 Å². The molecule has 1 aromatic rings. The normalized spacial score (nSPS) is 26.6. The van der Waals surface area contributed by atoms with E-state index in [4.69, 9.17) is 9.84 Å². The van der Waals surface area contributed by atoms with Crippen molar-refractivity contribution in [3.8, 4) is 0 Å². The van der Waals surface area contributed by atoms with Gasteiger partial charge in [-0.25, -0.2) is 9.78 Å². The van der Waals surface area contributed by atoms with Crippen LogP contribution >= 0.6 is 0 Å². The highest BCUT2D eigenvalue weighted by molar-refractivity contribution is 5.84. The molecule has 76 valence electrons. The van der Waals surface area contributed by atoms with Gasteiger partial charge in [0.15, 0.2) is 5.69 Å². The van der Waals surface area contributed by atoms with Gasteiger partial charge >= 0.3 is 5.97 Å². The molecule has 14 heavy (non-hydrogen) atoms. The highest BCUT2D eigenvalue weighted by Crippen LogP contribution is 2.19. The van der Waals surface area contributed by atoms with Crippen LogP contribution in [0.15, 0.2) is 12.5 Å². The van der Waals surface area contributed by atoms with E-state index in [1.54, 1.807) is 4.57 Å². The average molecular weight is 198 g/mol. The van der Waals surface area contributed by atoms with Crippen LogP contribution in [-0.4, -0.2) is 45.1 Å². The SMILES string of the molecule is O=C(O)c1cn([C@@H]2COC[C@H]2O)cn1. The number of carboxylic acids is 1. The number of aliphatic hydroxyl groups excluding tert-OH is 1. The van der Waals surface area contributed by atoms with E-state index in [1.165, 1.54) is 12.5 Å². The van der Waals surface area contributed by atoms with Crippen molar-refractivity contribution in [2.75, 3.05) is 13.2 Å². The highest BCUT2D eigenvalue weighted by atomic mass is 16.5. The third-order valence-corrected chi connectivity index (χ3v) is 2.22. The Balaban J connectivity index is 2.20. The number of nitrogens with zero attached hydrogens (tertiary/aromatic N) is 2. The zero-order valence-corrected chi connectivity index (χ0v) is 7.33. The molecule has 0 unspecified atom stereocenters. The second-order valence-electron chi connectivity index (χ2n) is 3.18. The summed E-state index contributed by atoms with van der Waals surface area (Å²) in [6.45, 7) is 0.668. The Bertz CT molecular complexity index is 349. The number of ether oxygens (including phenoxy) is 1. The van der Waals surface area contributed by atoms with Gasteiger partial charge in [0.2, 0.25) is 0 Å². The maximum absolute atomic E-state index is 10.5. The van der Waals surface area contributed by atoms with Crippen molar-refractivity contribution in [2.24, 2.45) is 0 Å². The Morgan fingerprint density at radius 2 is 2.43 bits per heavy atom. The van der Waals surface area contributed by atoms with Crippen LogP contribution in [0.3, 0.4) is 0 Å². The molecule has 2 heterocycles. The smallest absolute Gasteiger partial charge is 0.356 e. The Labute approximate surface area is 79.8 Å². The summed E-state index contributed by atoms with van der Waals surface area (Å²) in [6.07, 6.45) is 2.20. The first kappa shape index (κ1) is 9.17. The lowest BCUT2D eigenvalue weighted by Gasteiger charge is -2.12. The summed E-state index contributed by atoms with van der Waals surface area (Å²) in [7, 11) is 0. The molecule has 2 atom stereocenters. The van der Waals surface area contributed by atoms with Gasteiger partial charge in [-0.3, -0.25) is 0 Å². The van der Waals surface area contributed by atoms with E-state index in [0.717, 1.165) is 0 Å². The Morgan fingerprint density at radius 3 is 2.93 bits per heavy atom. The van der Waals surface area contributed by atoms with Crippen molar-refractivity contribution >= 4 is 5.97 Å². The van der Waals surface area contributed by atoms with E-state index in [1.807, 2.05) is 0 Å². The molecule has 6 nitrogen and oxygen atoms in total. The minimum Gasteiger partial charge on any atom is -0.476 e. The molecule has 2 N–H and O–H groups in total. The second kappa shape index (κ2) is 3.39. The molecule has 0 saturated carbocycles. The molecule has 0 spiro atoms. The highest BCUT2D eigenvalue weighted by Gasteiger charge is 2.28. The lowest BCUT2D eigenvalue weighted by molar-refractivity contribution is 0.0690. The fourth-order valence-corrected chi connectivity index (χ4v) is 1.44. The molecule has 0 aliphatic carbocycles. The molecule has 1 fully saturated rings. The summed E-state index contributed by atoms with van der Waals surface area (Å²) in [5.74, 6) is -1.07. The van der Waals surface area contributed by atoms with E-state index < -0.39 is 12.1 Å². The standard InChI is InChI=1S/C8H10N2O4/c11-7-3-14-2-6(7)10-1-5(8(12)13)9-4-10/h1,4,6-7,11H,2-3H2,(H,12,13)/t6-,7-/m1/s1. The first-order chi connectivity index (χ1) is 6.68. The van der Waals surface area contributed by atoms with Gasteiger partial charge in [0.25, 0.3) is 0 Å². The number of hydrogen-bond acceptors (Lipinski definition) is 4. The fourth-order valence-electron chi connectivity index (χ4n) is 1.44. The van der Waals surface area contributed by atoms with Gasteiger partial charge in [-0.05, 0) is 0 Å². The summed E-state index contributed by atoms with van der Waals surface area (Å²) in [4.78, 5) is 14.2. The van der Waals surface area contributed by atoms with E-state index in [2.05, 4.69) is 4.98 Å². The molecular formula is C8H10N2O4. The predicted octanol–water partition coefficient (Wildman–Crippen LogP) is -0.487. The van der Waals surface area contributed by atoms with E-state index >= 15 is 0 Å². The predicted molar refractivity (Wildman–Crippen MR) is 45.0 cm³/mol. The van der Waals surface area contributed by atoms with Crippen LogP contribution in [0.5, 0.6) is 0 Å². The quantitative estimate of drug-likeness (QED) is 0.670. The van der Waals surface area contributed by atoms with Crippen LogP contribution < -0.4 is 0 Å². The van der Waals surface area contributed by atoms with E-state index in [-0.39, 0.29) is 18.3 Å². The largest absolute Gasteiger partial charge is 0.476 e. The van der Waals surface area contributed by atoms with Crippen molar-refractivity contribution in [3.63, 3.8) is 0 Å². The Hall–Kier alpha value is -1.40. The van der Waals surface area contributed by atoms with Crippen LogP contribution in [-0.2, 0) is 4.74 Å². The summed E-state index contributed by atoms with van der Waals surface area (Å²) in [5, 5.41) is 18.1. The number of imidazole rings is 1. The van der Waals surface area contributed by atoms with Crippen molar-refractivity contribution in [2.45, 2.75) is 12.1 Å². The van der Waals surface area contributed by atoms with E-state index in [0.29, 0.717) is 6.61 Å². The van der Waals surface area contributed by atoms with Crippen LogP contribution in [0.1, 0.15) is 16.5 Å². The lowest BCUT2D eigenvalue weighted by Crippen LogP contribution is -2.20. The van der Waals surface area contributed by atoms with Gasteiger partial charge < -0.3 is 19.5 Å². The number of rotatable bonds is 2. The monoisotopic (exact) mass is 198 g/mol. The average Bonchev–Trinajstić information content (AvgIpc) is 2.71. The molecule has 0 amide bonds. The summed E-state index contributed by atoms with van der Waals surface area (Å²) in [5.41, 5.74) is -0.0240. The zero-order chi connectivity index (χ0) is 10.1. The van der Waals surface area contributed by atoms with Gasteiger partial charge in [-0.15, -0.1) is 0 Å². The van der Waals surface area contributed by atoms with Gasteiger partial charge in [0, 0.05) is 6.20 Å². The number of carboxylic acid groups (broad SMARTS) is 1. The molecular weight excluding hydrogens is 188 g/mol. The minimum absolute atomic E-state index is 0.0240. The molecule has 2 rings (SSSR count). The van der Waals surface area contributed by atoms with Crippen LogP contribution in [0.4, 0.5) is 0 Å². The van der Waals surface area contributed by atoms with Crippen molar-refractivity contribution in [3.05, 3.63) is 18.2 Å². The number of hydrogen-bond donors (Lipinski definition) is 2. The van der Waals surface area contributed by atoms with Crippen LogP contribution in [0, 0.1) is 0 Å². The maximum atomic E-state index is 10.5. The fraction of sp³-hybridized carbons (Fsp3) is 0.500. The topological polar surface area (TPSA) is 84.6 Å². The first-order valence-electron chi connectivity index (χ1n) is 4.21. The summed E-state index contributed by atoms with van der Waals surface area (Å²) >= 11 is 0. The summed E-state index contributed by atoms with van der Waals surface area (Å²) in [6, 6.07) is -0.226. The molecule has 1 saturated heterocycles. The van der Waals surface area contributed by atoms with Gasteiger partial charge in [0.05, 0.1) is 25.6 Å². The first-order valence-corrected chi connectivity index (χ1v) is 4.21. The molecule has 0 aromatic carbocycles. The molecule has 1 aromatic heterocycles. The Morgan fingerprint density at radius 1 is 1.64 bits per heavy atom. The van der Waals surface area contributed by atoms with Crippen LogP contribution in [0.2, 0.25) is 0 Å². The number of aromatic carboxylic acids is 1. The molecule has 1 aliphatic rings. The van der Waals surface area contributed by atoms with Crippen molar-refractivity contribution in [1.82, 2.24) is 9.55 Å². The maximum Gasteiger partial charge on any atom is 0.356 e.